The number of hydrogen-bond donors (Lipinski definition) is 0. The highest BCUT2D eigenvalue weighted by atomic mass is 16.2. The number of fused-ring (bicyclic) bond motifs is 5. The Morgan fingerprint density at radius 2 is 0.779 bits per heavy atom. The molecule has 5 heteroatoms. The molecule has 1 aliphatic rings. The zero-order valence-corrected chi connectivity index (χ0v) is 44.6. The summed E-state index contributed by atoms with van der Waals surface area (Å²) >= 11 is 0. The summed E-state index contributed by atoms with van der Waals surface area (Å²) in [6, 6.07) is 58.5. The lowest BCUT2D eigenvalue weighted by molar-refractivity contribution is 0.0893. The summed E-state index contributed by atoms with van der Waals surface area (Å²) < 4.78 is 2.64. The van der Waals surface area contributed by atoms with Crippen molar-refractivity contribution in [3.63, 3.8) is 0 Å². The molecule has 5 nitrogen and oxygen atoms in total. The van der Waals surface area contributed by atoms with Gasteiger partial charge in [0, 0.05) is 61.4 Å². The van der Waals surface area contributed by atoms with Crippen LogP contribution in [0.1, 0.15) is 96.3 Å². The number of carbonyl (C=O) groups is 2. The second-order valence-corrected chi connectivity index (χ2v) is 23.4. The molecule has 2 amide bonds. The van der Waals surface area contributed by atoms with E-state index < -0.39 is 0 Å². The van der Waals surface area contributed by atoms with E-state index in [9.17, 15) is 0 Å². The Morgan fingerprint density at radius 3 is 1.29 bits per heavy atom. The predicted octanol–water partition coefficient (Wildman–Crippen LogP) is 19.7. The summed E-state index contributed by atoms with van der Waals surface area (Å²) in [6.07, 6.45) is 0. The van der Waals surface area contributed by atoms with Crippen LogP contribution in [-0.4, -0.2) is 16.4 Å². The van der Waals surface area contributed by atoms with E-state index in [4.69, 9.17) is 0 Å². The normalized spacial score (nSPS) is 13.6. The molecule has 0 unspecified atom stereocenters. The van der Waals surface area contributed by atoms with Crippen molar-refractivity contribution in [2.45, 2.75) is 73.8 Å². The summed E-state index contributed by atoms with van der Waals surface area (Å²) in [6.45, 7) is 18.4. The molecule has 0 atom stereocenters. The van der Waals surface area contributed by atoms with Gasteiger partial charge in [-0.3, -0.25) is 9.59 Å². The number of nitrogens with zero attached hydrogens (tertiary/aromatic N) is 3. The van der Waals surface area contributed by atoms with Crippen LogP contribution in [0.2, 0.25) is 0 Å². The Labute approximate surface area is 445 Å². The Kier molecular flexibility index (Phi) is 8.91. The molecule has 0 aliphatic carbocycles. The maximum absolute atomic E-state index is 15.1. The quantitative estimate of drug-likeness (QED) is 0.0866. The number of anilines is 4. The van der Waals surface area contributed by atoms with Gasteiger partial charge in [0.1, 0.15) is 0 Å². The van der Waals surface area contributed by atoms with E-state index in [2.05, 4.69) is 210 Å². The van der Waals surface area contributed by atoms with Crippen molar-refractivity contribution in [1.82, 2.24) is 4.57 Å². The van der Waals surface area contributed by atoms with Gasteiger partial charge in [-0.15, -0.1) is 0 Å². The van der Waals surface area contributed by atoms with Gasteiger partial charge in [0.25, 0.3) is 11.8 Å². The molecular weight excluding hydrogens is 939 g/mol. The van der Waals surface area contributed by atoms with E-state index in [1.807, 2.05) is 12.1 Å². The summed E-state index contributed by atoms with van der Waals surface area (Å²) in [4.78, 5) is 34.1. The second-order valence-electron chi connectivity index (χ2n) is 23.4. The van der Waals surface area contributed by atoms with E-state index >= 15 is 9.59 Å². The van der Waals surface area contributed by atoms with Crippen LogP contribution >= 0.6 is 0 Å². The first kappa shape index (κ1) is 44.5. The lowest BCUT2D eigenvalue weighted by atomic mass is 9.80. The molecule has 370 valence electrons. The van der Waals surface area contributed by atoms with E-state index in [-0.39, 0.29) is 23.7 Å². The Balaban J connectivity index is 0.984. The number of aromatic nitrogens is 1. The number of rotatable bonds is 8. The van der Waals surface area contributed by atoms with Gasteiger partial charge in [0.2, 0.25) is 0 Å². The van der Waals surface area contributed by atoms with Gasteiger partial charge < -0.3 is 9.47 Å². The molecule has 0 bridgehead atoms. The smallest absolute Gasteiger partial charge is 0.266 e. The fourth-order valence-electron chi connectivity index (χ4n) is 14.5. The lowest BCUT2D eigenvalue weighted by Crippen LogP contribution is -2.41. The van der Waals surface area contributed by atoms with E-state index in [0.717, 1.165) is 67.1 Å². The first-order valence-electron chi connectivity index (χ1n) is 27.6. The van der Waals surface area contributed by atoms with Crippen molar-refractivity contribution < 1.29 is 9.59 Å². The summed E-state index contributed by atoms with van der Waals surface area (Å²) in [5, 5.41) is 24.1. The van der Waals surface area contributed by atoms with Crippen molar-refractivity contribution in [3.8, 4) is 0 Å². The molecule has 0 saturated heterocycles. The molecule has 0 N–H and O–H groups in total. The van der Waals surface area contributed by atoms with Crippen LogP contribution in [0.15, 0.2) is 158 Å². The third-order valence-electron chi connectivity index (χ3n) is 17.8. The molecule has 0 fully saturated rings. The van der Waals surface area contributed by atoms with Gasteiger partial charge in [-0.1, -0.05) is 162 Å². The van der Waals surface area contributed by atoms with Gasteiger partial charge in [0.15, 0.2) is 0 Å². The number of amides is 2. The number of hydrogen-bond acceptors (Lipinski definition) is 3. The third kappa shape index (κ3) is 5.68. The predicted molar refractivity (Wildman–Crippen MR) is 326 cm³/mol. The Morgan fingerprint density at radius 1 is 0.390 bits per heavy atom. The number of carbonyl (C=O) groups excluding carboxylic acids is 2. The van der Waals surface area contributed by atoms with Gasteiger partial charge in [0.05, 0.1) is 22.4 Å². The molecule has 1 aliphatic heterocycles. The minimum absolute atomic E-state index is 0.121. The maximum atomic E-state index is 15.1. The minimum Gasteiger partial charge on any atom is -0.340 e. The maximum Gasteiger partial charge on any atom is 0.266 e. The standard InChI is InChI=1S/C72H55N3O2/c1-36(2)35-73-59-33-57-53-28-26-47-50-30-32-56-66-55(71(76)75(72(56)77)70-43(37(3)4)11-9-12-44(70)38(5)6)31-29-49(62(50)66)46-23-24-48(63(53)61(46)47)51-25-27-52-45-13-10-14-54-58(34-60(73)68(64(45)54)69(59)67(52)65(51)57)74(41-19-15-39(7)16-20-41)42-21-17-40(8)18-22-42/h9-34,36-38H,35H2,1-8H3. The molecule has 1 aromatic heterocycles. The van der Waals surface area contributed by atoms with Crippen LogP contribution in [0.3, 0.4) is 0 Å². The van der Waals surface area contributed by atoms with Gasteiger partial charge in [-0.2, -0.15) is 0 Å². The topological polar surface area (TPSA) is 45.6 Å². The van der Waals surface area contributed by atoms with Crippen LogP contribution in [0, 0.1) is 19.8 Å². The number of imide groups is 1. The number of benzene rings is 14. The van der Waals surface area contributed by atoms with E-state index in [1.54, 1.807) is 0 Å². The zero-order valence-electron chi connectivity index (χ0n) is 44.6. The molecule has 16 rings (SSSR count). The van der Waals surface area contributed by atoms with Crippen molar-refractivity contribution in [3.05, 3.63) is 191 Å². The van der Waals surface area contributed by atoms with Gasteiger partial charge in [-0.25, -0.2) is 4.90 Å². The van der Waals surface area contributed by atoms with Crippen molar-refractivity contribution in [2.75, 3.05) is 9.80 Å². The SMILES string of the molecule is Cc1ccc(N(c2ccc(C)cc2)c2cc3c4c5c2cccc5c2ccc5c6ccc7c8ccc9c%10c(ccc(c%11ccc(c%12cc(c4c2c5%12)n3CC(C)C)c6c7%11)c%108)C(=O)N(c2c(C(C)C)cccc2C(C)C)C9=O)cc1. The third-order valence-corrected chi connectivity index (χ3v) is 17.8. The molecule has 15 aromatic rings. The fraction of sp³-hybridized carbons (Fsp3) is 0.167. The average molecular weight is 994 g/mol. The average Bonchev–Trinajstić information content (AvgIpc) is 3.94. The highest BCUT2D eigenvalue weighted by Crippen LogP contribution is 2.56. The zero-order chi connectivity index (χ0) is 52.2. The van der Waals surface area contributed by atoms with Crippen LogP contribution in [0.5, 0.6) is 0 Å². The Bertz CT molecular complexity index is 4890. The number of para-hydroxylation sites is 1. The summed E-state index contributed by atoms with van der Waals surface area (Å²) in [7, 11) is 0. The molecule has 14 aromatic carbocycles. The summed E-state index contributed by atoms with van der Waals surface area (Å²) in [5.41, 5.74) is 12.3. The lowest BCUT2D eigenvalue weighted by Gasteiger charge is -2.32. The molecule has 77 heavy (non-hydrogen) atoms. The van der Waals surface area contributed by atoms with E-state index in [0.29, 0.717) is 17.0 Å². The minimum atomic E-state index is -0.259. The molecular formula is C72H55N3O2. The van der Waals surface area contributed by atoms with Crippen molar-refractivity contribution >= 4 is 153 Å². The molecule has 0 saturated carbocycles. The molecule has 0 radical (unpaired) electrons. The van der Waals surface area contributed by atoms with Crippen LogP contribution in [0.4, 0.5) is 22.7 Å². The monoisotopic (exact) mass is 993 g/mol. The molecule has 0 spiro atoms. The first-order chi connectivity index (χ1) is 37.4. The highest BCUT2D eigenvalue weighted by Gasteiger charge is 2.38. The van der Waals surface area contributed by atoms with Crippen LogP contribution < -0.4 is 9.80 Å². The van der Waals surface area contributed by atoms with Crippen molar-refractivity contribution in [2.24, 2.45) is 5.92 Å². The van der Waals surface area contributed by atoms with Gasteiger partial charge >= 0.3 is 0 Å². The van der Waals surface area contributed by atoms with Gasteiger partial charge in [-0.05, 0) is 167 Å². The van der Waals surface area contributed by atoms with Crippen LogP contribution in [0.25, 0.3) is 119 Å². The second kappa shape index (κ2) is 15.4. The molecule has 2 heterocycles. The van der Waals surface area contributed by atoms with E-state index in [1.165, 1.54) is 108 Å². The first-order valence-corrected chi connectivity index (χ1v) is 27.6. The number of aryl methyl sites for hydroxylation is 2. The Hall–Kier alpha value is -8.80. The van der Waals surface area contributed by atoms with Crippen LogP contribution in [-0.2, 0) is 6.54 Å². The highest BCUT2D eigenvalue weighted by molar-refractivity contribution is 6.50. The largest absolute Gasteiger partial charge is 0.340 e. The summed E-state index contributed by atoms with van der Waals surface area (Å²) in [5.74, 6) is 0.117. The fourth-order valence-corrected chi connectivity index (χ4v) is 14.5. The van der Waals surface area contributed by atoms with Crippen molar-refractivity contribution in [1.29, 1.82) is 0 Å².